The highest BCUT2D eigenvalue weighted by atomic mass is 16.5. The summed E-state index contributed by atoms with van der Waals surface area (Å²) in [6, 6.07) is 10.0. The van der Waals surface area contributed by atoms with E-state index >= 15 is 0 Å². The molecule has 0 atom stereocenters. The van der Waals surface area contributed by atoms with Crippen LogP contribution in [0, 0.1) is 11.3 Å². The number of ether oxygens (including phenoxy) is 1. The largest absolute Gasteiger partial charge is 0.494 e. The number of aromatic nitrogens is 3. The Kier molecular flexibility index (Phi) is 4.72. The summed E-state index contributed by atoms with van der Waals surface area (Å²) >= 11 is 0. The Balaban J connectivity index is 2.20. The van der Waals surface area contributed by atoms with Crippen molar-refractivity contribution in [3.05, 3.63) is 41.2 Å². The van der Waals surface area contributed by atoms with Gasteiger partial charge in [0.1, 0.15) is 11.8 Å². The highest BCUT2D eigenvalue weighted by Crippen LogP contribution is 2.16. The van der Waals surface area contributed by atoms with Crippen LogP contribution < -0.4 is 4.74 Å². The number of hydrogen-bond acceptors (Lipinski definition) is 4. The summed E-state index contributed by atoms with van der Waals surface area (Å²) in [4.78, 5) is 0. The Morgan fingerprint density at radius 2 is 2.00 bits per heavy atom. The molecule has 0 aliphatic carbocycles. The third-order valence-electron chi connectivity index (χ3n) is 2.98. The van der Waals surface area contributed by atoms with Gasteiger partial charge in [-0.1, -0.05) is 24.3 Å². The Morgan fingerprint density at radius 3 is 2.60 bits per heavy atom. The Morgan fingerprint density at radius 1 is 1.25 bits per heavy atom. The van der Waals surface area contributed by atoms with Crippen LogP contribution >= 0.6 is 0 Å². The Labute approximate surface area is 118 Å². The molecule has 0 amide bonds. The second kappa shape index (κ2) is 6.71. The summed E-state index contributed by atoms with van der Waals surface area (Å²) in [6.45, 7) is 5.47. The molecular formula is C15H18N4O. The lowest BCUT2D eigenvalue weighted by Crippen LogP contribution is -2.06. The van der Waals surface area contributed by atoms with Crippen LogP contribution in [0.2, 0.25) is 0 Å². The maximum absolute atomic E-state index is 9.11. The van der Waals surface area contributed by atoms with Gasteiger partial charge in [-0.05, 0) is 31.0 Å². The summed E-state index contributed by atoms with van der Waals surface area (Å²) in [7, 11) is 0. The molecule has 1 heterocycles. The fraction of sp³-hybridized carbons (Fsp3) is 0.400. The minimum Gasteiger partial charge on any atom is -0.494 e. The lowest BCUT2D eigenvalue weighted by molar-refractivity contribution is 0.340. The maximum atomic E-state index is 9.11. The van der Waals surface area contributed by atoms with Crippen LogP contribution in [0.1, 0.15) is 37.2 Å². The minimum absolute atomic E-state index is 0.410. The van der Waals surface area contributed by atoms with Crippen LogP contribution in [-0.2, 0) is 13.0 Å². The molecule has 0 fully saturated rings. The lowest BCUT2D eigenvalue weighted by atomic mass is 10.1. The molecule has 104 valence electrons. The summed E-state index contributed by atoms with van der Waals surface area (Å²) in [6.07, 6.45) is 1.62. The summed E-state index contributed by atoms with van der Waals surface area (Å²) in [5.74, 6) is 0.858. The van der Waals surface area contributed by atoms with Gasteiger partial charge in [-0.2, -0.15) is 5.26 Å². The van der Waals surface area contributed by atoms with Gasteiger partial charge in [0.25, 0.3) is 0 Å². The molecule has 0 radical (unpaired) electrons. The molecule has 1 aromatic heterocycles. The molecule has 0 saturated carbocycles. The van der Waals surface area contributed by atoms with Crippen molar-refractivity contribution >= 4 is 0 Å². The average Bonchev–Trinajstić information content (AvgIpc) is 2.84. The van der Waals surface area contributed by atoms with Gasteiger partial charge in [-0.15, -0.1) is 5.10 Å². The molecule has 5 nitrogen and oxygen atoms in total. The van der Waals surface area contributed by atoms with Crippen LogP contribution in [0.4, 0.5) is 0 Å². The van der Waals surface area contributed by atoms with E-state index in [0.29, 0.717) is 18.7 Å². The second-order valence-electron chi connectivity index (χ2n) is 4.47. The van der Waals surface area contributed by atoms with Crippen LogP contribution in [0.3, 0.4) is 0 Å². The summed E-state index contributed by atoms with van der Waals surface area (Å²) in [5.41, 5.74) is 2.40. The van der Waals surface area contributed by atoms with Crippen LogP contribution in [0.15, 0.2) is 24.3 Å². The van der Waals surface area contributed by atoms with Crippen molar-refractivity contribution in [3.63, 3.8) is 0 Å². The summed E-state index contributed by atoms with van der Waals surface area (Å²) < 4.78 is 7.24. The molecular weight excluding hydrogens is 252 g/mol. The van der Waals surface area contributed by atoms with Crippen molar-refractivity contribution in [3.8, 4) is 11.8 Å². The normalized spacial score (nSPS) is 10.2. The molecule has 0 spiro atoms. The first-order valence-corrected chi connectivity index (χ1v) is 6.82. The molecule has 1 aromatic carbocycles. The van der Waals surface area contributed by atoms with Crippen molar-refractivity contribution < 1.29 is 4.74 Å². The second-order valence-corrected chi connectivity index (χ2v) is 4.47. The molecule has 0 aliphatic rings. The van der Waals surface area contributed by atoms with E-state index in [1.165, 1.54) is 0 Å². The van der Waals surface area contributed by atoms with Crippen LogP contribution in [-0.4, -0.2) is 21.6 Å². The van der Waals surface area contributed by atoms with E-state index in [-0.39, 0.29) is 0 Å². The monoisotopic (exact) mass is 270 g/mol. The van der Waals surface area contributed by atoms with Crippen molar-refractivity contribution in [2.24, 2.45) is 0 Å². The maximum Gasteiger partial charge on any atom is 0.186 e. The highest BCUT2D eigenvalue weighted by molar-refractivity contribution is 5.33. The van der Waals surface area contributed by atoms with Crippen molar-refractivity contribution in [1.82, 2.24) is 15.0 Å². The zero-order valence-corrected chi connectivity index (χ0v) is 11.8. The van der Waals surface area contributed by atoms with Gasteiger partial charge in [0.2, 0.25) is 0 Å². The highest BCUT2D eigenvalue weighted by Gasteiger charge is 2.12. The van der Waals surface area contributed by atoms with Gasteiger partial charge in [-0.3, -0.25) is 0 Å². The zero-order valence-electron chi connectivity index (χ0n) is 11.8. The molecule has 2 rings (SSSR count). The Bertz CT molecular complexity index is 595. The number of hydrogen-bond donors (Lipinski definition) is 0. The minimum atomic E-state index is 0.410. The predicted molar refractivity (Wildman–Crippen MR) is 75.4 cm³/mol. The van der Waals surface area contributed by atoms with Gasteiger partial charge in [0, 0.05) is 13.0 Å². The third-order valence-corrected chi connectivity index (χ3v) is 2.98. The van der Waals surface area contributed by atoms with Crippen LogP contribution in [0.5, 0.6) is 5.75 Å². The van der Waals surface area contributed by atoms with Crippen molar-refractivity contribution in [2.45, 2.75) is 33.2 Å². The quantitative estimate of drug-likeness (QED) is 0.809. The first-order chi connectivity index (χ1) is 9.78. The molecule has 0 saturated heterocycles. The van der Waals surface area contributed by atoms with E-state index in [1.807, 2.05) is 35.9 Å². The predicted octanol–water partition coefficient (Wildman–Crippen LogP) is 2.55. The molecule has 0 N–H and O–H groups in total. The van der Waals surface area contributed by atoms with E-state index < -0.39 is 0 Å². The summed E-state index contributed by atoms with van der Waals surface area (Å²) in [5, 5.41) is 17.1. The van der Waals surface area contributed by atoms with Gasteiger partial charge < -0.3 is 4.74 Å². The number of nitriles is 1. The van der Waals surface area contributed by atoms with E-state index in [1.54, 1.807) is 0 Å². The van der Waals surface area contributed by atoms with Gasteiger partial charge >= 0.3 is 0 Å². The molecule has 0 unspecified atom stereocenters. The molecule has 2 aromatic rings. The Hall–Kier alpha value is -2.35. The SMILES string of the molecule is CCCn1nnc(C#N)c1Cc1ccc(OCC)cc1. The van der Waals surface area contributed by atoms with E-state index in [0.717, 1.165) is 30.0 Å². The first kappa shape index (κ1) is 14.1. The fourth-order valence-corrected chi connectivity index (χ4v) is 2.05. The number of benzene rings is 1. The standard InChI is InChI=1S/C15H18N4O/c1-3-9-19-15(14(11-16)17-18-19)10-12-5-7-13(8-6-12)20-4-2/h5-8H,3-4,9-10H2,1-2H3. The van der Waals surface area contributed by atoms with E-state index in [2.05, 4.69) is 23.3 Å². The van der Waals surface area contributed by atoms with Crippen molar-refractivity contribution in [2.75, 3.05) is 6.61 Å². The smallest absolute Gasteiger partial charge is 0.186 e. The number of nitrogens with zero attached hydrogens (tertiary/aromatic N) is 4. The average molecular weight is 270 g/mol. The number of rotatable bonds is 6. The first-order valence-electron chi connectivity index (χ1n) is 6.82. The number of aryl methyl sites for hydroxylation is 1. The molecule has 0 aliphatic heterocycles. The molecule has 0 bridgehead atoms. The van der Waals surface area contributed by atoms with E-state index in [9.17, 15) is 0 Å². The third kappa shape index (κ3) is 3.15. The van der Waals surface area contributed by atoms with Gasteiger partial charge in [0.15, 0.2) is 5.69 Å². The molecule has 5 heteroatoms. The fourth-order valence-electron chi connectivity index (χ4n) is 2.05. The van der Waals surface area contributed by atoms with Gasteiger partial charge in [0.05, 0.1) is 12.3 Å². The lowest BCUT2D eigenvalue weighted by Gasteiger charge is -2.07. The topological polar surface area (TPSA) is 63.7 Å². The van der Waals surface area contributed by atoms with Crippen molar-refractivity contribution in [1.29, 1.82) is 5.26 Å². The van der Waals surface area contributed by atoms with E-state index in [4.69, 9.17) is 10.00 Å². The van der Waals surface area contributed by atoms with Crippen LogP contribution in [0.25, 0.3) is 0 Å². The van der Waals surface area contributed by atoms with Gasteiger partial charge in [-0.25, -0.2) is 4.68 Å². The molecule has 20 heavy (non-hydrogen) atoms. The zero-order chi connectivity index (χ0) is 14.4.